The Morgan fingerprint density at radius 2 is 1.78 bits per heavy atom. The van der Waals surface area contributed by atoms with Gasteiger partial charge in [0.05, 0.1) is 35.9 Å². The van der Waals surface area contributed by atoms with Crippen LogP contribution in [-0.2, 0) is 14.3 Å². The SMILES string of the molecule is CN1CCCC1CCNC(=O)C1=CN2C3CC4CCCCC4CC3OC3C(N4CCC(N)CC4)C(F)CC(C1=O)C32. The fourth-order valence-electron chi connectivity index (χ4n) is 9.87. The summed E-state index contributed by atoms with van der Waals surface area (Å²) in [6.45, 7) is 3.20. The number of alkyl halides is 1. The number of Topliss-reactive ketones (excluding diaryl/α,β-unsaturated/α-hetero) is 1. The summed E-state index contributed by atoms with van der Waals surface area (Å²) in [6, 6.07) is 0.225. The van der Waals surface area contributed by atoms with E-state index in [1.165, 1.54) is 32.1 Å². The highest BCUT2D eigenvalue weighted by Gasteiger charge is 2.60. The van der Waals surface area contributed by atoms with Crippen LogP contribution in [-0.4, -0.2) is 108 Å². The van der Waals surface area contributed by atoms with Gasteiger partial charge in [-0.1, -0.05) is 25.7 Å². The highest BCUT2D eigenvalue weighted by molar-refractivity contribution is 6.20. The van der Waals surface area contributed by atoms with Crippen molar-refractivity contribution in [3.63, 3.8) is 0 Å². The Hall–Kier alpha value is -1.55. The average Bonchev–Trinajstić information content (AvgIpc) is 3.38. The number of hydrogen-bond donors (Lipinski definition) is 2. The fourth-order valence-corrected chi connectivity index (χ4v) is 9.87. The number of carbonyl (C=O) groups excluding carboxylic acids is 2. The van der Waals surface area contributed by atoms with Crippen molar-refractivity contribution in [2.75, 3.05) is 33.2 Å². The molecule has 4 aliphatic heterocycles. The van der Waals surface area contributed by atoms with Crippen LogP contribution >= 0.6 is 0 Å². The molecule has 10 unspecified atom stereocenters. The molecular weight excluding hydrogens is 521 g/mol. The molecule has 10 atom stereocenters. The van der Waals surface area contributed by atoms with Crippen LogP contribution in [0.3, 0.4) is 0 Å². The molecule has 41 heavy (non-hydrogen) atoms. The Kier molecular flexibility index (Phi) is 7.93. The molecule has 0 aromatic rings. The third-order valence-electron chi connectivity index (χ3n) is 12.1. The van der Waals surface area contributed by atoms with Gasteiger partial charge in [0, 0.05) is 43.8 Å². The molecule has 7 rings (SSSR count). The van der Waals surface area contributed by atoms with Gasteiger partial charge in [-0.05, 0) is 76.8 Å². The van der Waals surface area contributed by atoms with Crippen LogP contribution in [0.15, 0.2) is 11.8 Å². The Morgan fingerprint density at radius 3 is 2.51 bits per heavy atom. The lowest BCUT2D eigenvalue weighted by Crippen LogP contribution is -2.74. The summed E-state index contributed by atoms with van der Waals surface area (Å²) in [4.78, 5) is 34.4. The Morgan fingerprint density at radius 1 is 1.02 bits per heavy atom. The number of fused-ring (bicyclic) bond motifs is 3. The van der Waals surface area contributed by atoms with Gasteiger partial charge in [-0.25, -0.2) is 4.39 Å². The number of nitrogens with one attached hydrogen (secondary N) is 1. The van der Waals surface area contributed by atoms with E-state index < -0.39 is 12.1 Å². The number of nitrogens with two attached hydrogens (primary N) is 1. The normalized spacial score (nSPS) is 43.6. The first-order valence-electron chi connectivity index (χ1n) is 16.7. The Labute approximate surface area is 244 Å². The molecule has 0 aromatic heterocycles. The zero-order valence-electron chi connectivity index (χ0n) is 24.8. The van der Waals surface area contributed by atoms with Crippen LogP contribution in [0.25, 0.3) is 0 Å². The van der Waals surface area contributed by atoms with E-state index in [-0.39, 0.29) is 60.1 Å². The molecule has 0 radical (unpaired) electrons. The minimum absolute atomic E-state index is 0.0164. The van der Waals surface area contributed by atoms with Crippen LogP contribution in [0.5, 0.6) is 0 Å². The molecule has 3 aliphatic carbocycles. The smallest absolute Gasteiger partial charge is 0.256 e. The molecule has 3 N–H and O–H groups in total. The van der Waals surface area contributed by atoms with E-state index >= 15 is 4.39 Å². The van der Waals surface area contributed by atoms with Gasteiger partial charge < -0.3 is 25.6 Å². The molecule has 228 valence electrons. The van der Waals surface area contributed by atoms with Crippen LogP contribution < -0.4 is 11.1 Å². The van der Waals surface area contributed by atoms with Crippen molar-refractivity contribution in [2.24, 2.45) is 23.5 Å². The van der Waals surface area contributed by atoms with Gasteiger partial charge in [-0.15, -0.1) is 0 Å². The summed E-state index contributed by atoms with van der Waals surface area (Å²) in [5.41, 5.74) is 6.43. The Bertz CT molecular complexity index is 1030. The maximum Gasteiger partial charge on any atom is 0.256 e. The van der Waals surface area contributed by atoms with Gasteiger partial charge in [0.2, 0.25) is 0 Å². The first-order chi connectivity index (χ1) is 19.9. The minimum Gasteiger partial charge on any atom is -0.369 e. The van der Waals surface area contributed by atoms with Crippen molar-refractivity contribution < 1.29 is 18.7 Å². The van der Waals surface area contributed by atoms with Crippen molar-refractivity contribution in [1.82, 2.24) is 20.0 Å². The zero-order chi connectivity index (χ0) is 28.2. The molecule has 3 saturated heterocycles. The van der Waals surface area contributed by atoms with Gasteiger partial charge in [-0.3, -0.25) is 14.5 Å². The van der Waals surface area contributed by atoms with Crippen molar-refractivity contribution in [3.05, 3.63) is 11.8 Å². The van der Waals surface area contributed by atoms with E-state index in [0.717, 1.165) is 58.2 Å². The summed E-state index contributed by atoms with van der Waals surface area (Å²) < 4.78 is 23.2. The first kappa shape index (κ1) is 28.2. The van der Waals surface area contributed by atoms with Gasteiger partial charge in [-0.2, -0.15) is 0 Å². The second-order valence-corrected chi connectivity index (χ2v) is 14.4. The van der Waals surface area contributed by atoms with Crippen LogP contribution in [0.1, 0.15) is 77.0 Å². The number of ketones is 1. The van der Waals surface area contributed by atoms with E-state index in [2.05, 4.69) is 27.1 Å². The number of nitrogens with zero attached hydrogens (tertiary/aromatic N) is 3. The van der Waals surface area contributed by atoms with Crippen molar-refractivity contribution >= 4 is 11.7 Å². The molecule has 6 fully saturated rings. The third kappa shape index (κ3) is 5.17. The number of carbonyl (C=O) groups is 2. The number of likely N-dealkylation sites (tertiary alicyclic amines) is 2. The van der Waals surface area contributed by atoms with Gasteiger partial charge >= 0.3 is 0 Å². The highest BCUT2D eigenvalue weighted by atomic mass is 19.1. The van der Waals surface area contributed by atoms with E-state index in [1.54, 1.807) is 0 Å². The summed E-state index contributed by atoms with van der Waals surface area (Å²) in [6.07, 6.45) is 12.6. The lowest BCUT2D eigenvalue weighted by atomic mass is 9.64. The molecule has 8 nitrogen and oxygen atoms in total. The first-order valence-corrected chi connectivity index (χ1v) is 16.7. The fraction of sp³-hybridized carbons (Fsp3) is 0.875. The second-order valence-electron chi connectivity index (χ2n) is 14.4. The topological polar surface area (TPSA) is 91.1 Å². The highest BCUT2D eigenvalue weighted by Crippen LogP contribution is 2.50. The lowest BCUT2D eigenvalue weighted by Gasteiger charge is -2.62. The predicted molar refractivity (Wildman–Crippen MR) is 155 cm³/mol. The second kappa shape index (κ2) is 11.5. The molecule has 7 aliphatic rings. The van der Waals surface area contributed by atoms with E-state index in [0.29, 0.717) is 24.4 Å². The van der Waals surface area contributed by atoms with E-state index in [4.69, 9.17) is 10.5 Å². The number of piperidine rings is 1. The van der Waals surface area contributed by atoms with Crippen molar-refractivity contribution in [2.45, 2.75) is 126 Å². The van der Waals surface area contributed by atoms with E-state index in [9.17, 15) is 9.59 Å². The number of halogens is 1. The van der Waals surface area contributed by atoms with Crippen LogP contribution in [0.2, 0.25) is 0 Å². The average molecular weight is 572 g/mol. The summed E-state index contributed by atoms with van der Waals surface area (Å²) in [7, 11) is 2.14. The number of rotatable bonds is 5. The minimum atomic E-state index is -1.16. The predicted octanol–water partition coefficient (Wildman–Crippen LogP) is 2.61. The summed E-state index contributed by atoms with van der Waals surface area (Å²) in [5.74, 6) is 0.312. The van der Waals surface area contributed by atoms with Gasteiger partial charge in [0.15, 0.2) is 5.78 Å². The molecule has 4 heterocycles. The summed E-state index contributed by atoms with van der Waals surface area (Å²) >= 11 is 0. The maximum absolute atomic E-state index is 16.2. The standard InChI is InChI=1S/C32H50FN5O3/c1-36-12-4-7-22(36)8-11-35-32(40)24-18-38-26-15-19-5-2-3-6-20(19)16-27(26)41-31-28(38)23(30(24)39)17-25(33)29(31)37-13-9-21(34)10-14-37/h18-23,25-29,31H,2-17,34H2,1H3,(H,35,40). The maximum atomic E-state index is 16.2. The number of morpholine rings is 1. The number of hydrogen-bond acceptors (Lipinski definition) is 7. The third-order valence-corrected chi connectivity index (χ3v) is 12.1. The quantitative estimate of drug-likeness (QED) is 0.491. The van der Waals surface area contributed by atoms with Crippen LogP contribution in [0.4, 0.5) is 4.39 Å². The molecule has 0 spiro atoms. The number of amides is 1. The molecule has 9 heteroatoms. The largest absolute Gasteiger partial charge is 0.369 e. The monoisotopic (exact) mass is 571 g/mol. The molecule has 1 amide bonds. The Balaban J connectivity index is 1.16. The zero-order valence-corrected chi connectivity index (χ0v) is 24.8. The van der Waals surface area contributed by atoms with Gasteiger partial charge in [0.25, 0.3) is 5.91 Å². The van der Waals surface area contributed by atoms with Gasteiger partial charge in [0.1, 0.15) is 6.17 Å². The molecule has 0 aromatic carbocycles. The summed E-state index contributed by atoms with van der Waals surface area (Å²) in [5, 5.41) is 3.07. The van der Waals surface area contributed by atoms with Crippen molar-refractivity contribution in [3.8, 4) is 0 Å². The lowest BCUT2D eigenvalue weighted by molar-refractivity contribution is -0.222. The number of ether oxygens (including phenoxy) is 1. The molecule has 3 saturated carbocycles. The van der Waals surface area contributed by atoms with Crippen molar-refractivity contribution in [1.29, 1.82) is 0 Å². The molecular formula is C32H50FN5O3. The van der Waals surface area contributed by atoms with Crippen LogP contribution in [0, 0.1) is 17.8 Å². The van der Waals surface area contributed by atoms with E-state index in [1.807, 2.05) is 6.20 Å². The molecule has 0 bridgehead atoms.